The summed E-state index contributed by atoms with van der Waals surface area (Å²) in [4.78, 5) is 19.9. The number of amides is 1. The fourth-order valence-electron chi connectivity index (χ4n) is 9.08. The SMILES string of the molecule is O=C(N[C@@H]1CC[C@@]2(O)[C@H]3Cc4ccc(O)c5c4[C@@]2(CCN3CC2CC2)[C@H]1O5)c1cccc2c(-c3ccccc3)c[nH]c12. The molecule has 2 bridgehead atoms. The Hall–Kier alpha value is -3.81. The standard InChI is InChI=1S/C35H35N3O4/c39-27-12-11-22-17-28-35(41)14-13-26(32-34(35,29(22)31(27)42-32)15-16-38(28)19-20-9-10-20)37-33(40)24-8-4-7-23-25(18-36-30(23)24)21-5-2-1-3-6-21/h1-8,11-12,18,20,26,28,32,36,39,41H,9-10,13-17,19H2,(H,37,40)/t26-,28-,32+,34+,35-/m1/s1. The maximum atomic E-state index is 14.0. The summed E-state index contributed by atoms with van der Waals surface area (Å²) in [6.07, 6.45) is 6.79. The number of carbonyl (C=O) groups excluding carboxylic acids is 1. The van der Waals surface area contributed by atoms with Crippen molar-refractivity contribution in [1.82, 2.24) is 15.2 Å². The third kappa shape index (κ3) is 3.21. The Morgan fingerprint density at radius 2 is 1.90 bits per heavy atom. The van der Waals surface area contributed by atoms with Crippen LogP contribution in [0.4, 0.5) is 0 Å². The predicted octanol–water partition coefficient (Wildman–Crippen LogP) is 4.90. The lowest BCUT2D eigenvalue weighted by molar-refractivity contribution is -0.191. The van der Waals surface area contributed by atoms with Crippen LogP contribution in [-0.4, -0.2) is 62.9 Å². The van der Waals surface area contributed by atoms with Crippen LogP contribution in [0.2, 0.25) is 0 Å². The molecule has 3 fully saturated rings. The van der Waals surface area contributed by atoms with E-state index in [1.54, 1.807) is 6.07 Å². The van der Waals surface area contributed by atoms with Gasteiger partial charge < -0.3 is 25.3 Å². The smallest absolute Gasteiger partial charge is 0.253 e. The van der Waals surface area contributed by atoms with Crippen LogP contribution >= 0.6 is 0 Å². The molecule has 5 atom stereocenters. The Balaban J connectivity index is 1.08. The summed E-state index contributed by atoms with van der Waals surface area (Å²) >= 11 is 0. The van der Waals surface area contributed by atoms with Gasteiger partial charge in [-0.15, -0.1) is 0 Å². The van der Waals surface area contributed by atoms with Crippen LogP contribution in [-0.2, 0) is 11.8 Å². The van der Waals surface area contributed by atoms with Crippen molar-refractivity contribution >= 4 is 16.8 Å². The van der Waals surface area contributed by atoms with Crippen molar-refractivity contribution in [1.29, 1.82) is 0 Å². The molecule has 3 aliphatic carbocycles. The van der Waals surface area contributed by atoms with Gasteiger partial charge in [0.05, 0.1) is 28.1 Å². The van der Waals surface area contributed by atoms with Crippen LogP contribution in [0.1, 0.15) is 53.6 Å². The zero-order valence-corrected chi connectivity index (χ0v) is 23.5. The van der Waals surface area contributed by atoms with Crippen molar-refractivity contribution in [2.24, 2.45) is 5.92 Å². The fourth-order valence-corrected chi connectivity index (χ4v) is 9.08. The number of piperidine rings is 1. The van der Waals surface area contributed by atoms with E-state index in [-0.39, 0.29) is 23.7 Å². The number of phenolic OH excluding ortho intramolecular Hbond substituents is 1. The Morgan fingerprint density at radius 3 is 2.74 bits per heavy atom. The number of aromatic nitrogens is 1. The zero-order chi connectivity index (χ0) is 28.2. The highest BCUT2D eigenvalue weighted by molar-refractivity contribution is 6.09. The monoisotopic (exact) mass is 561 g/mol. The number of nitrogens with zero attached hydrogens (tertiary/aromatic N) is 1. The molecule has 214 valence electrons. The van der Waals surface area contributed by atoms with E-state index < -0.39 is 17.1 Å². The maximum Gasteiger partial charge on any atom is 0.253 e. The van der Waals surface area contributed by atoms with Crippen molar-refractivity contribution in [2.75, 3.05) is 13.1 Å². The molecule has 1 aromatic heterocycles. The largest absolute Gasteiger partial charge is 0.504 e. The summed E-state index contributed by atoms with van der Waals surface area (Å²) in [6.45, 7) is 1.93. The minimum absolute atomic E-state index is 0.0154. The Bertz CT molecular complexity index is 1750. The second-order valence-corrected chi connectivity index (χ2v) is 13.2. The Kier molecular flexibility index (Phi) is 5.08. The number of aromatic amines is 1. The summed E-state index contributed by atoms with van der Waals surface area (Å²) in [5.74, 6) is 1.21. The van der Waals surface area contributed by atoms with Gasteiger partial charge in [-0.3, -0.25) is 9.69 Å². The number of ether oxygens (including phenoxy) is 1. The maximum absolute atomic E-state index is 14.0. The molecule has 7 heteroatoms. The molecule has 5 aliphatic rings. The van der Waals surface area contributed by atoms with E-state index in [1.165, 1.54) is 12.8 Å². The molecule has 4 aromatic rings. The van der Waals surface area contributed by atoms with Gasteiger partial charge in [-0.05, 0) is 74.2 Å². The first kappa shape index (κ1) is 24.8. The number of aromatic hydroxyl groups is 1. The highest BCUT2D eigenvalue weighted by Crippen LogP contribution is 2.65. The van der Waals surface area contributed by atoms with E-state index in [9.17, 15) is 15.0 Å². The molecular weight excluding hydrogens is 526 g/mol. The fraction of sp³-hybridized carbons (Fsp3) is 0.400. The number of carbonyl (C=O) groups is 1. The number of para-hydroxylation sites is 1. The molecule has 9 rings (SSSR count). The van der Waals surface area contributed by atoms with Gasteiger partial charge >= 0.3 is 0 Å². The molecule has 4 N–H and O–H groups in total. The van der Waals surface area contributed by atoms with Crippen LogP contribution in [0.5, 0.6) is 11.5 Å². The number of hydrogen-bond acceptors (Lipinski definition) is 5. The number of fused-ring (bicyclic) bond motifs is 1. The normalized spacial score (nSPS) is 31.0. The van der Waals surface area contributed by atoms with Gasteiger partial charge in [0.15, 0.2) is 11.5 Å². The molecule has 1 amide bonds. The number of rotatable bonds is 5. The van der Waals surface area contributed by atoms with Crippen LogP contribution in [0.25, 0.3) is 22.0 Å². The average molecular weight is 562 g/mol. The summed E-state index contributed by atoms with van der Waals surface area (Å²) in [5.41, 5.74) is 4.07. The summed E-state index contributed by atoms with van der Waals surface area (Å²) < 4.78 is 6.65. The van der Waals surface area contributed by atoms with Crippen molar-refractivity contribution in [3.8, 4) is 22.6 Å². The van der Waals surface area contributed by atoms with Gasteiger partial charge in [0, 0.05) is 35.3 Å². The third-order valence-corrected chi connectivity index (χ3v) is 11.1. The van der Waals surface area contributed by atoms with Gasteiger partial charge in [-0.2, -0.15) is 0 Å². The second-order valence-electron chi connectivity index (χ2n) is 13.2. The average Bonchev–Trinajstić information content (AvgIpc) is 3.59. The van der Waals surface area contributed by atoms with Crippen molar-refractivity contribution in [3.63, 3.8) is 0 Å². The second kappa shape index (κ2) is 8.62. The zero-order valence-electron chi connectivity index (χ0n) is 23.5. The summed E-state index contributed by atoms with van der Waals surface area (Å²) in [7, 11) is 0. The molecule has 42 heavy (non-hydrogen) atoms. The Labute approximate surface area is 244 Å². The van der Waals surface area contributed by atoms with E-state index >= 15 is 0 Å². The van der Waals surface area contributed by atoms with Crippen molar-refractivity contribution in [2.45, 2.75) is 67.7 Å². The first-order valence-electron chi connectivity index (χ1n) is 15.4. The van der Waals surface area contributed by atoms with E-state index in [2.05, 4.69) is 27.3 Å². The molecule has 1 spiro atoms. The van der Waals surface area contributed by atoms with Crippen molar-refractivity contribution < 1.29 is 19.7 Å². The highest BCUT2D eigenvalue weighted by Gasteiger charge is 2.73. The molecule has 0 unspecified atom stereocenters. The summed E-state index contributed by atoms with van der Waals surface area (Å²) in [6, 6.07) is 19.5. The molecule has 3 aromatic carbocycles. The van der Waals surface area contributed by atoms with Gasteiger partial charge in [0.2, 0.25) is 0 Å². The molecule has 0 radical (unpaired) electrons. The minimum Gasteiger partial charge on any atom is -0.504 e. The topological polar surface area (TPSA) is 97.8 Å². The predicted molar refractivity (Wildman–Crippen MR) is 160 cm³/mol. The van der Waals surface area contributed by atoms with Crippen LogP contribution in [0, 0.1) is 5.92 Å². The van der Waals surface area contributed by atoms with E-state index in [4.69, 9.17) is 4.74 Å². The van der Waals surface area contributed by atoms with E-state index in [0.717, 1.165) is 65.0 Å². The molecular formula is C35H35N3O4. The quantitative estimate of drug-likeness (QED) is 0.278. The lowest BCUT2D eigenvalue weighted by atomic mass is 9.48. The third-order valence-electron chi connectivity index (χ3n) is 11.1. The molecule has 1 saturated heterocycles. The number of benzene rings is 3. The number of nitrogens with one attached hydrogen (secondary N) is 2. The first-order valence-corrected chi connectivity index (χ1v) is 15.4. The molecule has 2 saturated carbocycles. The van der Waals surface area contributed by atoms with Gasteiger partial charge in [0.25, 0.3) is 5.91 Å². The lowest BCUT2D eigenvalue weighted by Gasteiger charge is -2.64. The van der Waals surface area contributed by atoms with Gasteiger partial charge in [0.1, 0.15) is 6.10 Å². The lowest BCUT2D eigenvalue weighted by Crippen LogP contribution is -2.78. The number of phenols is 1. The highest BCUT2D eigenvalue weighted by atomic mass is 16.5. The number of H-pyrrole nitrogens is 1. The minimum atomic E-state index is -0.970. The number of likely N-dealkylation sites (tertiary alicyclic amines) is 1. The van der Waals surface area contributed by atoms with E-state index in [0.29, 0.717) is 24.2 Å². The van der Waals surface area contributed by atoms with E-state index in [1.807, 2.05) is 48.7 Å². The van der Waals surface area contributed by atoms with Crippen LogP contribution in [0.3, 0.4) is 0 Å². The molecule has 7 nitrogen and oxygen atoms in total. The summed E-state index contributed by atoms with van der Waals surface area (Å²) in [5, 5.41) is 28.0. The molecule has 2 aliphatic heterocycles. The Morgan fingerprint density at radius 1 is 1.05 bits per heavy atom. The van der Waals surface area contributed by atoms with Crippen LogP contribution in [0.15, 0.2) is 66.9 Å². The van der Waals surface area contributed by atoms with Gasteiger partial charge in [-0.1, -0.05) is 48.5 Å². The van der Waals surface area contributed by atoms with Crippen molar-refractivity contribution in [3.05, 3.63) is 83.6 Å². The number of aliphatic hydroxyl groups is 1. The molecule has 3 heterocycles. The first-order chi connectivity index (χ1) is 20.5. The number of hydrogen-bond donors (Lipinski definition) is 4. The van der Waals surface area contributed by atoms with Crippen LogP contribution < -0.4 is 10.1 Å². The van der Waals surface area contributed by atoms with Gasteiger partial charge in [-0.25, -0.2) is 0 Å².